The van der Waals surface area contributed by atoms with E-state index in [4.69, 9.17) is 5.11 Å². The van der Waals surface area contributed by atoms with E-state index in [1.165, 1.54) is 17.8 Å². The lowest BCUT2D eigenvalue weighted by molar-refractivity contribution is -0.0440. The van der Waals surface area contributed by atoms with Gasteiger partial charge >= 0.3 is 5.97 Å². The molecule has 2 fully saturated rings. The van der Waals surface area contributed by atoms with E-state index in [2.05, 4.69) is 6.92 Å². The zero-order chi connectivity index (χ0) is 20.1. The number of hydrogen-bond donors (Lipinski definition) is 2. The number of carboxylic acid groups (broad SMARTS) is 1. The molecule has 3 unspecified atom stereocenters. The summed E-state index contributed by atoms with van der Waals surface area (Å²) in [5.41, 5.74) is 0.152. The highest BCUT2D eigenvalue weighted by Gasteiger charge is 2.41. The number of carbonyl (C=O) groups is 1. The Morgan fingerprint density at radius 1 is 1.29 bits per heavy atom. The zero-order valence-corrected chi connectivity index (χ0v) is 17.9. The molecular weight excluding hydrogens is 375 g/mol. The SMILES string of the molecule is CCC1(C(O)CCCC2C(F)CC[C@@H]2CCCc2ccc(C(=O)O)s2)CCC1. The van der Waals surface area contributed by atoms with Gasteiger partial charge in [0.15, 0.2) is 0 Å². The van der Waals surface area contributed by atoms with Crippen LogP contribution in [0.3, 0.4) is 0 Å². The molecule has 0 radical (unpaired) electrons. The van der Waals surface area contributed by atoms with Crippen molar-refractivity contribution < 1.29 is 19.4 Å². The van der Waals surface area contributed by atoms with Crippen LogP contribution in [-0.2, 0) is 6.42 Å². The molecule has 2 aliphatic rings. The average Bonchev–Trinajstić information content (AvgIpc) is 3.23. The maximum atomic E-state index is 14.5. The van der Waals surface area contributed by atoms with E-state index in [-0.39, 0.29) is 17.4 Å². The molecular formula is C23H35FO3S. The van der Waals surface area contributed by atoms with Crippen molar-refractivity contribution >= 4 is 17.3 Å². The molecule has 2 saturated carbocycles. The quantitative estimate of drug-likeness (QED) is 0.454. The lowest BCUT2D eigenvalue weighted by Crippen LogP contribution is -2.40. The molecule has 0 aliphatic heterocycles. The van der Waals surface area contributed by atoms with Crippen LogP contribution < -0.4 is 0 Å². The molecule has 3 rings (SSSR count). The molecule has 5 heteroatoms. The summed E-state index contributed by atoms with van der Waals surface area (Å²) in [4.78, 5) is 12.5. The van der Waals surface area contributed by atoms with Gasteiger partial charge in [-0.05, 0) is 93.6 Å². The lowest BCUT2D eigenvalue weighted by atomic mass is 9.62. The number of aryl methyl sites for hydroxylation is 1. The van der Waals surface area contributed by atoms with Gasteiger partial charge in [0, 0.05) is 4.88 Å². The molecule has 3 nitrogen and oxygen atoms in total. The van der Waals surface area contributed by atoms with E-state index < -0.39 is 12.1 Å². The van der Waals surface area contributed by atoms with Crippen LogP contribution in [0, 0.1) is 17.3 Å². The molecule has 1 aromatic heterocycles. The Bertz CT molecular complexity index is 634. The lowest BCUT2D eigenvalue weighted by Gasteiger charge is -2.45. The fourth-order valence-corrected chi connectivity index (χ4v) is 6.33. The zero-order valence-electron chi connectivity index (χ0n) is 17.0. The van der Waals surface area contributed by atoms with Crippen molar-refractivity contribution in [1.29, 1.82) is 0 Å². The second kappa shape index (κ2) is 9.71. The predicted octanol–water partition coefficient (Wildman–Crippen LogP) is 6.24. The van der Waals surface area contributed by atoms with Crippen molar-refractivity contribution in [3.05, 3.63) is 21.9 Å². The van der Waals surface area contributed by atoms with E-state index in [1.54, 1.807) is 6.07 Å². The molecule has 4 atom stereocenters. The molecule has 0 aromatic carbocycles. The molecule has 0 bridgehead atoms. The molecule has 1 heterocycles. The Kier molecular flexibility index (Phi) is 7.54. The number of aromatic carboxylic acids is 1. The van der Waals surface area contributed by atoms with Crippen molar-refractivity contribution in [2.75, 3.05) is 0 Å². The number of halogens is 1. The van der Waals surface area contributed by atoms with Crippen LogP contribution in [0.25, 0.3) is 0 Å². The number of hydrogen-bond acceptors (Lipinski definition) is 3. The van der Waals surface area contributed by atoms with Gasteiger partial charge in [-0.1, -0.05) is 19.8 Å². The fourth-order valence-electron chi connectivity index (χ4n) is 5.44. The predicted molar refractivity (Wildman–Crippen MR) is 112 cm³/mol. The first-order valence-corrected chi connectivity index (χ1v) is 11.9. The second-order valence-corrected chi connectivity index (χ2v) is 10.2. The number of aliphatic hydroxyl groups excluding tert-OH is 1. The van der Waals surface area contributed by atoms with Gasteiger partial charge in [-0.2, -0.15) is 0 Å². The Labute approximate surface area is 172 Å². The van der Waals surface area contributed by atoms with Gasteiger partial charge in [0.05, 0.1) is 6.10 Å². The number of carboxylic acids is 1. The smallest absolute Gasteiger partial charge is 0.345 e. The normalized spacial score (nSPS) is 27.5. The van der Waals surface area contributed by atoms with E-state index in [0.717, 1.165) is 69.1 Å². The standard InChI is InChI=1S/C23H35FO3S/c1-2-23(14-5-15-23)21(25)9-4-8-18-16(10-12-19(18)24)6-3-7-17-11-13-20(28-17)22(26)27/h11,13,16,18-19,21,25H,2-10,12,14-15H2,1H3,(H,26,27)/t16-,18?,19?,21?/m0/s1. The maximum Gasteiger partial charge on any atom is 0.345 e. The van der Waals surface area contributed by atoms with E-state index in [0.29, 0.717) is 17.2 Å². The molecule has 28 heavy (non-hydrogen) atoms. The van der Waals surface area contributed by atoms with Crippen molar-refractivity contribution in [3.63, 3.8) is 0 Å². The minimum absolute atomic E-state index is 0.143. The summed E-state index contributed by atoms with van der Waals surface area (Å²) in [6, 6.07) is 3.58. The highest BCUT2D eigenvalue weighted by atomic mass is 32.1. The second-order valence-electron chi connectivity index (χ2n) is 9.00. The Balaban J connectivity index is 1.41. The summed E-state index contributed by atoms with van der Waals surface area (Å²) in [5.74, 6) is -0.278. The number of alkyl halides is 1. The van der Waals surface area contributed by atoms with E-state index in [1.807, 2.05) is 6.07 Å². The first kappa shape index (κ1) is 21.8. The van der Waals surface area contributed by atoms with Crippen LogP contribution in [0.1, 0.15) is 92.1 Å². The highest BCUT2D eigenvalue weighted by molar-refractivity contribution is 7.13. The molecule has 1 aromatic rings. The molecule has 0 spiro atoms. The Morgan fingerprint density at radius 2 is 2.07 bits per heavy atom. The van der Waals surface area contributed by atoms with Crippen molar-refractivity contribution in [2.24, 2.45) is 17.3 Å². The molecule has 0 saturated heterocycles. The summed E-state index contributed by atoms with van der Waals surface area (Å²) in [6.45, 7) is 2.18. The fraction of sp³-hybridized carbons (Fsp3) is 0.783. The van der Waals surface area contributed by atoms with Gasteiger partial charge in [0.1, 0.15) is 11.0 Å². The maximum absolute atomic E-state index is 14.5. The highest BCUT2D eigenvalue weighted by Crippen LogP contribution is 2.48. The van der Waals surface area contributed by atoms with Gasteiger partial charge in [-0.25, -0.2) is 9.18 Å². The molecule has 2 N–H and O–H groups in total. The van der Waals surface area contributed by atoms with Crippen molar-refractivity contribution in [2.45, 2.75) is 96.2 Å². The Morgan fingerprint density at radius 3 is 2.68 bits per heavy atom. The number of thiophene rings is 1. The van der Waals surface area contributed by atoms with Gasteiger partial charge in [0.25, 0.3) is 0 Å². The number of aliphatic hydroxyl groups is 1. The van der Waals surface area contributed by atoms with Gasteiger partial charge in [0.2, 0.25) is 0 Å². The summed E-state index contributed by atoms with van der Waals surface area (Å²) in [7, 11) is 0. The largest absolute Gasteiger partial charge is 0.477 e. The minimum atomic E-state index is -0.860. The summed E-state index contributed by atoms with van der Waals surface area (Å²) >= 11 is 1.35. The van der Waals surface area contributed by atoms with Crippen LogP contribution in [0.15, 0.2) is 12.1 Å². The average molecular weight is 411 g/mol. The summed E-state index contributed by atoms with van der Waals surface area (Å²) in [5, 5.41) is 19.6. The van der Waals surface area contributed by atoms with Crippen LogP contribution in [0.4, 0.5) is 4.39 Å². The monoisotopic (exact) mass is 410 g/mol. The summed E-state index contributed by atoms with van der Waals surface area (Å²) in [6.07, 6.45) is 10.9. The minimum Gasteiger partial charge on any atom is -0.477 e. The Hall–Kier alpha value is -0.940. The van der Waals surface area contributed by atoms with Crippen molar-refractivity contribution in [1.82, 2.24) is 0 Å². The van der Waals surface area contributed by atoms with E-state index in [9.17, 15) is 14.3 Å². The first-order chi connectivity index (χ1) is 13.4. The third-order valence-corrected chi connectivity index (χ3v) is 8.66. The van der Waals surface area contributed by atoms with Crippen LogP contribution in [-0.4, -0.2) is 28.5 Å². The third-order valence-electron chi connectivity index (χ3n) is 7.53. The first-order valence-electron chi connectivity index (χ1n) is 11.1. The van der Waals surface area contributed by atoms with Gasteiger partial charge in [-0.3, -0.25) is 0 Å². The number of rotatable bonds is 11. The molecule has 0 amide bonds. The van der Waals surface area contributed by atoms with Crippen LogP contribution in [0.2, 0.25) is 0 Å². The van der Waals surface area contributed by atoms with Crippen molar-refractivity contribution in [3.8, 4) is 0 Å². The van der Waals surface area contributed by atoms with Crippen LogP contribution in [0.5, 0.6) is 0 Å². The van der Waals surface area contributed by atoms with Crippen LogP contribution >= 0.6 is 11.3 Å². The topological polar surface area (TPSA) is 57.5 Å². The van der Waals surface area contributed by atoms with E-state index >= 15 is 0 Å². The third kappa shape index (κ3) is 4.96. The molecule has 2 aliphatic carbocycles. The van der Waals surface area contributed by atoms with Gasteiger partial charge < -0.3 is 10.2 Å². The van der Waals surface area contributed by atoms with Gasteiger partial charge in [-0.15, -0.1) is 11.3 Å². The summed E-state index contributed by atoms with van der Waals surface area (Å²) < 4.78 is 14.5. The molecule has 158 valence electrons.